The second kappa shape index (κ2) is 6.39. The zero-order valence-electron chi connectivity index (χ0n) is 11.4. The fraction of sp³-hybridized carbons (Fsp3) is 0.625. The number of rotatable bonds is 4. The van der Waals surface area contributed by atoms with Crippen molar-refractivity contribution in [2.24, 2.45) is 5.92 Å². The molecule has 1 heterocycles. The number of hydrogen-bond donors (Lipinski definition) is 0. The van der Waals surface area contributed by atoms with E-state index in [4.69, 9.17) is 0 Å². The van der Waals surface area contributed by atoms with E-state index in [1.165, 1.54) is 36.8 Å². The molecule has 0 nitrogen and oxygen atoms in total. The van der Waals surface area contributed by atoms with Crippen molar-refractivity contribution in [3.8, 4) is 0 Å². The Morgan fingerprint density at radius 3 is 2.24 bits per heavy atom. The van der Waals surface area contributed by atoms with Crippen molar-refractivity contribution in [1.82, 2.24) is 0 Å². The Labute approximate surface area is 108 Å². The lowest BCUT2D eigenvalue weighted by Gasteiger charge is -2.25. The van der Waals surface area contributed by atoms with E-state index in [1.807, 2.05) is 0 Å². The maximum absolute atomic E-state index is 2.54. The lowest BCUT2D eigenvalue weighted by atomic mass is 9.94. The van der Waals surface area contributed by atoms with Gasteiger partial charge in [-0.05, 0) is 36.3 Å². The summed E-state index contributed by atoms with van der Waals surface area (Å²) in [5, 5.41) is 0. The number of benzene rings is 1. The largest absolute Gasteiger partial charge is 0.0720 e. The molecule has 1 saturated heterocycles. The Bertz CT molecular complexity index is 320. The lowest BCUT2D eigenvalue weighted by Crippen LogP contribution is -2.18. The highest BCUT2D eigenvalue weighted by atomic mass is 28.3. The number of hydrogen-bond acceptors (Lipinski definition) is 0. The van der Waals surface area contributed by atoms with E-state index >= 15 is 0 Å². The Hall–Kier alpha value is -0.563. The summed E-state index contributed by atoms with van der Waals surface area (Å²) in [4.78, 5) is 0. The third-order valence-corrected chi connectivity index (χ3v) is 7.05. The van der Waals surface area contributed by atoms with E-state index < -0.39 is 0 Å². The van der Waals surface area contributed by atoms with E-state index in [2.05, 4.69) is 37.7 Å². The van der Waals surface area contributed by atoms with Gasteiger partial charge in [0.1, 0.15) is 0 Å². The predicted molar refractivity (Wildman–Crippen MR) is 79.5 cm³/mol. The standard InChI is InChI=1S/C16H26Si/c1-3-14-4-6-15(7-5-14)8-9-16-10-12-17(2)13-11-16/h4-7,16-17H,3,8-13H2,1-2H3. The van der Waals surface area contributed by atoms with E-state index in [0.717, 1.165) is 12.3 Å². The molecule has 1 aromatic carbocycles. The smallest absolute Gasteiger partial charge is 0.0336 e. The monoisotopic (exact) mass is 246 g/mol. The van der Waals surface area contributed by atoms with Gasteiger partial charge in [-0.2, -0.15) is 0 Å². The van der Waals surface area contributed by atoms with Crippen LogP contribution in [0.4, 0.5) is 0 Å². The quantitative estimate of drug-likeness (QED) is 0.689. The molecule has 0 amide bonds. The third-order valence-electron chi connectivity index (χ3n) is 4.41. The molecular formula is C16H26Si. The van der Waals surface area contributed by atoms with Crippen molar-refractivity contribution in [1.29, 1.82) is 0 Å². The SMILES string of the molecule is CCc1ccc(CCC2CC[SiH](C)CC2)cc1. The molecule has 1 aromatic rings. The van der Waals surface area contributed by atoms with Crippen LogP contribution >= 0.6 is 0 Å². The van der Waals surface area contributed by atoms with E-state index in [0.29, 0.717) is 0 Å². The molecule has 0 unspecified atom stereocenters. The minimum absolute atomic E-state index is 0.243. The maximum Gasteiger partial charge on any atom is 0.0336 e. The molecular weight excluding hydrogens is 220 g/mol. The van der Waals surface area contributed by atoms with Crippen LogP contribution in [0.5, 0.6) is 0 Å². The summed E-state index contributed by atoms with van der Waals surface area (Å²) in [6.45, 7) is 4.77. The molecule has 94 valence electrons. The summed E-state index contributed by atoms with van der Waals surface area (Å²) < 4.78 is 0. The Kier molecular flexibility index (Phi) is 4.84. The van der Waals surface area contributed by atoms with Crippen LogP contribution in [-0.2, 0) is 12.8 Å². The van der Waals surface area contributed by atoms with Gasteiger partial charge in [-0.1, -0.05) is 62.7 Å². The van der Waals surface area contributed by atoms with Crippen molar-refractivity contribution in [3.63, 3.8) is 0 Å². The van der Waals surface area contributed by atoms with Crippen molar-refractivity contribution >= 4 is 8.80 Å². The zero-order valence-corrected chi connectivity index (χ0v) is 12.6. The van der Waals surface area contributed by atoms with Crippen LogP contribution in [0, 0.1) is 5.92 Å². The molecule has 17 heavy (non-hydrogen) atoms. The summed E-state index contributed by atoms with van der Waals surface area (Å²) in [6.07, 6.45) is 6.93. The molecule has 1 heteroatoms. The van der Waals surface area contributed by atoms with Gasteiger partial charge in [-0.3, -0.25) is 0 Å². The van der Waals surface area contributed by atoms with Crippen LogP contribution in [-0.4, -0.2) is 8.80 Å². The predicted octanol–water partition coefficient (Wildman–Crippen LogP) is 4.45. The molecule has 0 spiro atoms. The summed E-state index contributed by atoms with van der Waals surface area (Å²) in [5.74, 6) is 1.03. The maximum atomic E-state index is 2.54. The van der Waals surface area contributed by atoms with Gasteiger partial charge in [0.05, 0.1) is 0 Å². The molecule has 0 saturated carbocycles. The first-order valence-corrected chi connectivity index (χ1v) is 10.1. The summed E-state index contributed by atoms with van der Waals surface area (Å²) in [6, 6.07) is 12.5. The van der Waals surface area contributed by atoms with Crippen LogP contribution in [0.15, 0.2) is 24.3 Å². The van der Waals surface area contributed by atoms with E-state index in [1.54, 1.807) is 12.1 Å². The van der Waals surface area contributed by atoms with Crippen LogP contribution in [0.1, 0.15) is 37.3 Å². The molecule has 0 N–H and O–H groups in total. The van der Waals surface area contributed by atoms with E-state index in [-0.39, 0.29) is 8.80 Å². The van der Waals surface area contributed by atoms with Crippen molar-refractivity contribution in [2.45, 2.75) is 57.7 Å². The molecule has 0 aliphatic carbocycles. The summed E-state index contributed by atoms with van der Waals surface area (Å²) in [5.41, 5.74) is 3.00. The summed E-state index contributed by atoms with van der Waals surface area (Å²) >= 11 is 0. The van der Waals surface area contributed by atoms with Gasteiger partial charge >= 0.3 is 0 Å². The van der Waals surface area contributed by atoms with Gasteiger partial charge in [-0.25, -0.2) is 0 Å². The Morgan fingerprint density at radius 1 is 1.06 bits per heavy atom. The van der Waals surface area contributed by atoms with Gasteiger partial charge in [0.25, 0.3) is 0 Å². The molecule has 0 bridgehead atoms. The van der Waals surface area contributed by atoms with Crippen molar-refractivity contribution in [3.05, 3.63) is 35.4 Å². The molecule has 1 aliphatic heterocycles. The van der Waals surface area contributed by atoms with Crippen LogP contribution in [0.3, 0.4) is 0 Å². The van der Waals surface area contributed by atoms with E-state index in [9.17, 15) is 0 Å². The second-order valence-electron chi connectivity index (χ2n) is 5.83. The Balaban J connectivity index is 1.77. The topological polar surface area (TPSA) is 0 Å². The molecule has 0 atom stereocenters. The van der Waals surface area contributed by atoms with Gasteiger partial charge in [-0.15, -0.1) is 0 Å². The number of aryl methyl sites for hydroxylation is 2. The highest BCUT2D eigenvalue weighted by molar-refractivity contribution is 6.57. The molecule has 1 aliphatic rings. The van der Waals surface area contributed by atoms with Crippen LogP contribution < -0.4 is 0 Å². The van der Waals surface area contributed by atoms with Gasteiger partial charge in [0, 0.05) is 8.80 Å². The second-order valence-corrected chi connectivity index (χ2v) is 9.20. The van der Waals surface area contributed by atoms with Crippen LogP contribution in [0.2, 0.25) is 18.6 Å². The first-order chi connectivity index (χ1) is 8.28. The van der Waals surface area contributed by atoms with Gasteiger partial charge in [0.15, 0.2) is 0 Å². The third kappa shape index (κ3) is 3.99. The minimum Gasteiger partial charge on any atom is -0.0720 e. The molecule has 0 radical (unpaired) electrons. The fourth-order valence-electron chi connectivity index (χ4n) is 2.93. The van der Waals surface area contributed by atoms with Crippen molar-refractivity contribution in [2.75, 3.05) is 0 Å². The summed E-state index contributed by atoms with van der Waals surface area (Å²) in [7, 11) is -0.243. The van der Waals surface area contributed by atoms with Gasteiger partial charge in [0.2, 0.25) is 0 Å². The zero-order chi connectivity index (χ0) is 12.1. The lowest BCUT2D eigenvalue weighted by molar-refractivity contribution is 0.438. The highest BCUT2D eigenvalue weighted by Crippen LogP contribution is 2.28. The first-order valence-electron chi connectivity index (χ1n) is 7.35. The average Bonchev–Trinajstić information content (AvgIpc) is 2.39. The molecule has 0 aromatic heterocycles. The first kappa shape index (κ1) is 12.9. The van der Waals surface area contributed by atoms with Crippen molar-refractivity contribution < 1.29 is 0 Å². The molecule has 2 rings (SSSR count). The highest BCUT2D eigenvalue weighted by Gasteiger charge is 2.18. The average molecular weight is 246 g/mol. The Morgan fingerprint density at radius 2 is 1.65 bits per heavy atom. The van der Waals surface area contributed by atoms with Crippen LogP contribution in [0.25, 0.3) is 0 Å². The normalized spacial score (nSPS) is 24.8. The van der Waals surface area contributed by atoms with Gasteiger partial charge < -0.3 is 0 Å². The molecule has 1 fully saturated rings. The fourth-order valence-corrected chi connectivity index (χ4v) is 5.30. The minimum atomic E-state index is -0.243.